The van der Waals surface area contributed by atoms with Crippen LogP contribution in [0.1, 0.15) is 26.3 Å². The van der Waals surface area contributed by atoms with Crippen molar-refractivity contribution >= 4 is 28.8 Å². The minimum Gasteiger partial charge on any atom is -0.465 e. The van der Waals surface area contributed by atoms with Crippen molar-refractivity contribution in [3.63, 3.8) is 0 Å². The van der Waals surface area contributed by atoms with Gasteiger partial charge < -0.3 is 9.64 Å². The molecule has 0 aromatic heterocycles. The topological polar surface area (TPSA) is 89.8 Å². The number of halogens is 2. The van der Waals surface area contributed by atoms with Gasteiger partial charge in [0.15, 0.2) is 17.4 Å². The predicted octanol–water partition coefficient (Wildman–Crippen LogP) is 4.66. The Balaban J connectivity index is 2.01. The van der Waals surface area contributed by atoms with Gasteiger partial charge in [-0.2, -0.15) is 0 Å². The molecule has 0 heterocycles. The summed E-state index contributed by atoms with van der Waals surface area (Å²) in [6.45, 7) is 0. The third-order valence-corrected chi connectivity index (χ3v) is 4.66. The third-order valence-electron chi connectivity index (χ3n) is 4.66. The Morgan fingerprint density at radius 3 is 2.16 bits per heavy atom. The van der Waals surface area contributed by atoms with Crippen LogP contribution in [0.5, 0.6) is 0 Å². The number of nitro benzene ring substituents is 1. The third kappa shape index (κ3) is 4.40. The highest BCUT2D eigenvalue weighted by atomic mass is 19.2. The first-order chi connectivity index (χ1) is 14.7. The Bertz CT molecular complexity index is 1180. The van der Waals surface area contributed by atoms with Crippen LogP contribution in [0.15, 0.2) is 60.7 Å². The maximum Gasteiger partial charge on any atom is 0.340 e. The quantitative estimate of drug-likeness (QED) is 0.247. The minimum atomic E-state index is -1.05. The van der Waals surface area contributed by atoms with Crippen LogP contribution in [0.2, 0.25) is 0 Å². The molecule has 0 bridgehead atoms. The smallest absolute Gasteiger partial charge is 0.340 e. The normalized spacial score (nSPS) is 10.5. The molecule has 0 aliphatic rings. The number of ether oxygens (including phenoxy) is 1. The van der Waals surface area contributed by atoms with Gasteiger partial charge in [0.05, 0.1) is 23.3 Å². The van der Waals surface area contributed by atoms with E-state index in [1.807, 2.05) is 0 Å². The van der Waals surface area contributed by atoms with Crippen LogP contribution < -0.4 is 4.90 Å². The van der Waals surface area contributed by atoms with Crippen molar-refractivity contribution in [3.05, 3.63) is 99.1 Å². The van der Waals surface area contributed by atoms with Crippen molar-refractivity contribution in [3.8, 4) is 0 Å². The fourth-order valence-corrected chi connectivity index (χ4v) is 2.98. The lowest BCUT2D eigenvalue weighted by molar-refractivity contribution is -0.384. The van der Waals surface area contributed by atoms with E-state index in [0.29, 0.717) is 5.69 Å². The average Bonchev–Trinajstić information content (AvgIpc) is 2.79. The first-order valence-electron chi connectivity index (χ1n) is 8.93. The fraction of sp³-hybridized carbons (Fsp3) is 0.0909. The van der Waals surface area contributed by atoms with E-state index < -0.39 is 28.3 Å². The Morgan fingerprint density at radius 2 is 1.58 bits per heavy atom. The molecular formula is C22H16F2N2O5. The summed E-state index contributed by atoms with van der Waals surface area (Å²) in [6.07, 6.45) is 0. The lowest BCUT2D eigenvalue weighted by Gasteiger charge is -2.22. The van der Waals surface area contributed by atoms with E-state index in [2.05, 4.69) is 0 Å². The highest BCUT2D eigenvalue weighted by molar-refractivity contribution is 6.11. The molecule has 0 N–H and O–H groups in total. The first kappa shape index (κ1) is 21.6. The Kier molecular flexibility index (Phi) is 6.05. The van der Waals surface area contributed by atoms with Crippen LogP contribution in [-0.2, 0) is 4.74 Å². The summed E-state index contributed by atoms with van der Waals surface area (Å²) in [5.74, 6) is -3.24. The van der Waals surface area contributed by atoms with E-state index in [9.17, 15) is 28.5 Å². The Hall–Kier alpha value is -4.14. The summed E-state index contributed by atoms with van der Waals surface area (Å²) < 4.78 is 31.7. The summed E-state index contributed by atoms with van der Waals surface area (Å²) in [7, 11) is 2.72. The van der Waals surface area contributed by atoms with E-state index in [0.717, 1.165) is 12.1 Å². The maximum absolute atomic E-state index is 13.6. The monoisotopic (exact) mass is 426 g/mol. The fourth-order valence-electron chi connectivity index (χ4n) is 2.98. The van der Waals surface area contributed by atoms with Crippen LogP contribution in [0.3, 0.4) is 0 Å². The van der Waals surface area contributed by atoms with Gasteiger partial charge in [-0.25, -0.2) is 13.6 Å². The van der Waals surface area contributed by atoms with E-state index in [1.165, 1.54) is 60.5 Å². The number of anilines is 2. The summed E-state index contributed by atoms with van der Waals surface area (Å²) in [6, 6.07) is 12.6. The molecular weight excluding hydrogens is 410 g/mol. The van der Waals surface area contributed by atoms with Gasteiger partial charge in [0.2, 0.25) is 0 Å². The van der Waals surface area contributed by atoms with Crippen LogP contribution >= 0.6 is 0 Å². The van der Waals surface area contributed by atoms with Gasteiger partial charge in [0.1, 0.15) is 0 Å². The zero-order valence-corrected chi connectivity index (χ0v) is 16.5. The largest absolute Gasteiger partial charge is 0.465 e. The van der Waals surface area contributed by atoms with Crippen molar-refractivity contribution in [2.45, 2.75) is 0 Å². The molecule has 0 atom stereocenters. The van der Waals surface area contributed by atoms with Gasteiger partial charge in [-0.05, 0) is 42.5 Å². The summed E-state index contributed by atoms with van der Waals surface area (Å²) >= 11 is 0. The zero-order chi connectivity index (χ0) is 22.7. The molecule has 0 aliphatic heterocycles. The molecule has 0 amide bonds. The van der Waals surface area contributed by atoms with E-state index in [-0.39, 0.29) is 28.1 Å². The van der Waals surface area contributed by atoms with Crippen LogP contribution in [0.25, 0.3) is 0 Å². The number of nitrogens with zero attached hydrogens (tertiary/aromatic N) is 2. The molecule has 0 radical (unpaired) electrons. The van der Waals surface area contributed by atoms with E-state index in [1.54, 1.807) is 7.05 Å². The number of benzene rings is 3. The molecule has 3 rings (SSSR count). The number of carbonyl (C=O) groups is 2. The summed E-state index contributed by atoms with van der Waals surface area (Å²) in [5, 5.41) is 10.8. The molecule has 0 saturated carbocycles. The van der Waals surface area contributed by atoms with Gasteiger partial charge in [-0.1, -0.05) is 0 Å². The van der Waals surface area contributed by atoms with Crippen molar-refractivity contribution < 1.29 is 28.0 Å². The molecule has 3 aromatic rings. The van der Waals surface area contributed by atoms with Crippen molar-refractivity contribution in [2.24, 2.45) is 0 Å². The molecule has 31 heavy (non-hydrogen) atoms. The molecule has 7 nitrogen and oxygen atoms in total. The van der Waals surface area contributed by atoms with Crippen molar-refractivity contribution in [2.75, 3.05) is 19.1 Å². The number of methoxy groups -OCH3 is 1. The lowest BCUT2D eigenvalue weighted by atomic mass is 9.99. The number of non-ortho nitro benzene ring substituents is 1. The minimum absolute atomic E-state index is 0.0301. The second-order valence-corrected chi connectivity index (χ2v) is 6.51. The number of hydrogen-bond donors (Lipinski definition) is 0. The predicted molar refractivity (Wildman–Crippen MR) is 109 cm³/mol. The van der Waals surface area contributed by atoms with Crippen LogP contribution in [0, 0.1) is 21.7 Å². The lowest BCUT2D eigenvalue weighted by Crippen LogP contribution is -2.16. The van der Waals surface area contributed by atoms with Gasteiger partial charge in [0.25, 0.3) is 5.69 Å². The standard InChI is InChI=1S/C22H16F2N2O5/c1-25(16-8-9-18(23)19(24)12-16)20-10-5-14(11-17(20)22(28)31-2)21(27)13-3-6-15(7-4-13)26(29)30/h3-12H,1-2H3. The Morgan fingerprint density at radius 1 is 0.935 bits per heavy atom. The van der Waals surface area contributed by atoms with Gasteiger partial charge in [0, 0.05) is 42.1 Å². The number of nitro groups is 1. The first-order valence-corrected chi connectivity index (χ1v) is 8.93. The molecule has 9 heteroatoms. The number of hydrogen-bond acceptors (Lipinski definition) is 6. The zero-order valence-electron chi connectivity index (χ0n) is 16.5. The van der Waals surface area contributed by atoms with Crippen LogP contribution in [0.4, 0.5) is 25.8 Å². The highest BCUT2D eigenvalue weighted by Crippen LogP contribution is 2.30. The summed E-state index contributed by atoms with van der Waals surface area (Å²) in [4.78, 5) is 36.8. The molecule has 0 unspecified atom stereocenters. The summed E-state index contributed by atoms with van der Waals surface area (Å²) in [5.41, 5.74) is 0.800. The molecule has 0 spiro atoms. The molecule has 0 fully saturated rings. The number of carbonyl (C=O) groups excluding carboxylic acids is 2. The Labute approximate surface area is 175 Å². The molecule has 0 aliphatic carbocycles. The number of rotatable bonds is 6. The van der Waals surface area contributed by atoms with Crippen LogP contribution in [-0.4, -0.2) is 30.8 Å². The van der Waals surface area contributed by atoms with Gasteiger partial charge in [-0.3, -0.25) is 14.9 Å². The van der Waals surface area contributed by atoms with Gasteiger partial charge >= 0.3 is 5.97 Å². The average molecular weight is 426 g/mol. The molecule has 158 valence electrons. The number of esters is 1. The molecule has 0 saturated heterocycles. The van der Waals surface area contributed by atoms with E-state index >= 15 is 0 Å². The molecule has 3 aromatic carbocycles. The second kappa shape index (κ2) is 8.70. The maximum atomic E-state index is 13.6. The van der Waals surface area contributed by atoms with E-state index in [4.69, 9.17) is 4.74 Å². The second-order valence-electron chi connectivity index (χ2n) is 6.51. The highest BCUT2D eigenvalue weighted by Gasteiger charge is 2.20. The van der Waals surface area contributed by atoms with Crippen molar-refractivity contribution in [1.82, 2.24) is 0 Å². The SMILES string of the molecule is COC(=O)c1cc(C(=O)c2ccc([N+](=O)[O-])cc2)ccc1N(C)c1ccc(F)c(F)c1. The number of ketones is 1. The van der Waals surface area contributed by atoms with Crippen molar-refractivity contribution in [1.29, 1.82) is 0 Å². The van der Waals surface area contributed by atoms with Gasteiger partial charge in [-0.15, -0.1) is 0 Å².